The van der Waals surface area contributed by atoms with E-state index >= 15 is 0 Å². The Hall–Kier alpha value is -4.10. The van der Waals surface area contributed by atoms with Crippen LogP contribution in [0.25, 0.3) is 36.5 Å². The molecule has 0 aliphatic carbocycles. The number of aromatic hydroxyl groups is 1. The van der Waals surface area contributed by atoms with Crippen molar-refractivity contribution in [2.75, 3.05) is 0 Å². The van der Waals surface area contributed by atoms with Crippen LogP contribution in [0.15, 0.2) is 97.1 Å². The van der Waals surface area contributed by atoms with Gasteiger partial charge in [-0.2, -0.15) is 0 Å². The molecule has 0 amide bonds. The summed E-state index contributed by atoms with van der Waals surface area (Å²) >= 11 is 0. The molecule has 4 aromatic rings. The molecule has 0 aromatic heterocycles. The van der Waals surface area contributed by atoms with Crippen LogP contribution in [0.5, 0.6) is 5.75 Å². The molecule has 31 heavy (non-hydrogen) atoms. The first-order chi connectivity index (χ1) is 15.3. The van der Waals surface area contributed by atoms with E-state index < -0.39 is 0 Å². The van der Waals surface area contributed by atoms with Crippen LogP contribution < -0.4 is 0 Å². The number of benzene rings is 4. The molecule has 0 spiro atoms. The molecule has 1 heteroatoms. The van der Waals surface area contributed by atoms with Crippen LogP contribution in [-0.2, 0) is 0 Å². The van der Waals surface area contributed by atoms with Gasteiger partial charge in [0.2, 0.25) is 0 Å². The molecule has 0 saturated heterocycles. The third kappa shape index (κ3) is 5.71. The van der Waals surface area contributed by atoms with Crippen LogP contribution in [-0.4, -0.2) is 5.11 Å². The molecule has 0 bridgehead atoms. The van der Waals surface area contributed by atoms with Gasteiger partial charge < -0.3 is 5.11 Å². The van der Waals surface area contributed by atoms with Gasteiger partial charge in [0.15, 0.2) is 0 Å². The second kappa shape index (κ2) is 10.1. The van der Waals surface area contributed by atoms with E-state index in [1.54, 1.807) is 6.07 Å². The van der Waals surface area contributed by atoms with Gasteiger partial charge in [0.05, 0.1) is 0 Å². The van der Waals surface area contributed by atoms with E-state index in [2.05, 4.69) is 60.7 Å². The fraction of sp³-hybridized carbons (Fsp3) is 0. The van der Waals surface area contributed by atoms with Crippen LogP contribution in [0.4, 0.5) is 0 Å². The SMILES string of the molecule is Oc1[c]c(/C=C/c2ccccc2)c(/C=C/c2ccccc2)c(/C=C/c2ccccc2)c1. The molecule has 0 aliphatic rings. The summed E-state index contributed by atoms with van der Waals surface area (Å²) in [5, 5.41) is 10.4. The fourth-order valence-corrected chi connectivity index (χ4v) is 3.31. The molecular formula is C30H23O. The minimum Gasteiger partial charge on any atom is -0.507 e. The summed E-state index contributed by atoms with van der Waals surface area (Å²) in [4.78, 5) is 0. The van der Waals surface area contributed by atoms with Gasteiger partial charge in [-0.15, -0.1) is 0 Å². The smallest absolute Gasteiger partial charge is 0.124 e. The zero-order valence-electron chi connectivity index (χ0n) is 17.1. The van der Waals surface area contributed by atoms with Crippen molar-refractivity contribution in [2.45, 2.75) is 0 Å². The van der Waals surface area contributed by atoms with E-state index in [9.17, 15) is 5.11 Å². The summed E-state index contributed by atoms with van der Waals surface area (Å²) in [5.41, 5.74) is 6.09. The van der Waals surface area contributed by atoms with Gasteiger partial charge in [-0.3, -0.25) is 0 Å². The summed E-state index contributed by atoms with van der Waals surface area (Å²) < 4.78 is 0. The number of phenolic OH excluding ortho intramolecular Hbond substituents is 1. The molecule has 0 fully saturated rings. The topological polar surface area (TPSA) is 20.2 Å². The molecule has 0 aliphatic heterocycles. The monoisotopic (exact) mass is 399 g/mol. The third-order valence-corrected chi connectivity index (χ3v) is 4.90. The molecule has 149 valence electrons. The predicted molar refractivity (Wildman–Crippen MR) is 133 cm³/mol. The van der Waals surface area contributed by atoms with E-state index in [-0.39, 0.29) is 5.75 Å². The van der Waals surface area contributed by atoms with Crippen LogP contribution in [0, 0.1) is 6.07 Å². The molecule has 4 rings (SSSR count). The van der Waals surface area contributed by atoms with Crippen molar-refractivity contribution < 1.29 is 5.11 Å². The molecule has 0 unspecified atom stereocenters. The van der Waals surface area contributed by atoms with Gasteiger partial charge in [-0.1, -0.05) is 127 Å². The number of hydrogen-bond donors (Lipinski definition) is 1. The first-order valence-corrected chi connectivity index (χ1v) is 10.3. The Bertz CT molecular complexity index is 1130. The van der Waals surface area contributed by atoms with Crippen molar-refractivity contribution in [3.8, 4) is 5.75 Å². The minimum atomic E-state index is 0.122. The lowest BCUT2D eigenvalue weighted by Crippen LogP contribution is -1.88. The second-order valence-corrected chi connectivity index (χ2v) is 7.17. The third-order valence-electron chi connectivity index (χ3n) is 4.90. The van der Waals surface area contributed by atoms with Crippen molar-refractivity contribution in [3.63, 3.8) is 0 Å². The Labute approximate surface area is 184 Å². The summed E-state index contributed by atoms with van der Waals surface area (Å²) in [6, 6.07) is 35.3. The highest BCUT2D eigenvalue weighted by Crippen LogP contribution is 2.27. The quantitative estimate of drug-likeness (QED) is 0.329. The standard InChI is InChI=1S/C30H23O/c31-29-22-27(19-16-24-10-4-1-5-11-24)30(21-18-26-14-8-3-9-15-26)28(23-29)20-17-25-12-6-2-7-13-25/h1-22,31H/b19-16+,20-17+,21-18+. The van der Waals surface area contributed by atoms with Crippen LogP contribution in [0.2, 0.25) is 0 Å². The van der Waals surface area contributed by atoms with Gasteiger partial charge in [0.1, 0.15) is 5.75 Å². The maximum absolute atomic E-state index is 10.4. The van der Waals surface area contributed by atoms with Crippen molar-refractivity contribution in [3.05, 3.63) is 137 Å². The lowest BCUT2D eigenvalue weighted by Gasteiger charge is -2.08. The average Bonchev–Trinajstić information content (AvgIpc) is 2.82. The highest BCUT2D eigenvalue weighted by molar-refractivity contribution is 5.86. The minimum absolute atomic E-state index is 0.122. The molecule has 4 aromatic carbocycles. The highest BCUT2D eigenvalue weighted by Gasteiger charge is 2.06. The highest BCUT2D eigenvalue weighted by atomic mass is 16.3. The molecule has 1 N–H and O–H groups in total. The Morgan fingerprint density at radius 2 is 0.968 bits per heavy atom. The number of hydrogen-bond acceptors (Lipinski definition) is 1. The van der Waals surface area contributed by atoms with Crippen molar-refractivity contribution in [1.29, 1.82) is 0 Å². The zero-order valence-corrected chi connectivity index (χ0v) is 17.1. The summed E-state index contributed by atoms with van der Waals surface area (Å²) in [7, 11) is 0. The van der Waals surface area contributed by atoms with Crippen molar-refractivity contribution >= 4 is 36.5 Å². The van der Waals surface area contributed by atoms with E-state index in [4.69, 9.17) is 0 Å². The second-order valence-electron chi connectivity index (χ2n) is 7.17. The molecule has 0 heterocycles. The van der Waals surface area contributed by atoms with Gasteiger partial charge >= 0.3 is 0 Å². The zero-order chi connectivity index (χ0) is 21.3. The van der Waals surface area contributed by atoms with Gasteiger partial charge in [-0.25, -0.2) is 0 Å². The van der Waals surface area contributed by atoms with Crippen LogP contribution in [0.1, 0.15) is 33.4 Å². The molecule has 0 saturated carbocycles. The Balaban J connectivity index is 1.77. The van der Waals surface area contributed by atoms with Crippen molar-refractivity contribution in [1.82, 2.24) is 0 Å². The van der Waals surface area contributed by atoms with Crippen LogP contribution in [0.3, 0.4) is 0 Å². The Morgan fingerprint density at radius 3 is 1.48 bits per heavy atom. The van der Waals surface area contributed by atoms with Crippen molar-refractivity contribution in [2.24, 2.45) is 0 Å². The van der Waals surface area contributed by atoms with Crippen LogP contribution >= 0.6 is 0 Å². The largest absolute Gasteiger partial charge is 0.507 e. The number of rotatable bonds is 6. The predicted octanol–water partition coefficient (Wildman–Crippen LogP) is 7.70. The fourth-order valence-electron chi connectivity index (χ4n) is 3.31. The van der Waals surface area contributed by atoms with E-state index in [0.29, 0.717) is 0 Å². The van der Waals surface area contributed by atoms with E-state index in [1.807, 2.05) is 72.8 Å². The number of phenols is 1. The lowest BCUT2D eigenvalue weighted by atomic mass is 9.97. The summed E-state index contributed by atoms with van der Waals surface area (Å²) in [6.45, 7) is 0. The summed E-state index contributed by atoms with van der Waals surface area (Å²) in [5.74, 6) is 0.122. The van der Waals surface area contributed by atoms with Gasteiger partial charge in [-0.05, 0) is 39.4 Å². The maximum Gasteiger partial charge on any atom is 0.124 e. The Morgan fingerprint density at radius 1 is 0.516 bits per heavy atom. The summed E-state index contributed by atoms with van der Waals surface area (Å²) in [6.07, 6.45) is 12.3. The van der Waals surface area contributed by atoms with E-state index in [0.717, 1.165) is 33.4 Å². The molecule has 1 nitrogen and oxygen atoms in total. The normalized spacial score (nSPS) is 11.6. The molecule has 1 radical (unpaired) electrons. The lowest BCUT2D eigenvalue weighted by molar-refractivity contribution is 0.474. The maximum atomic E-state index is 10.4. The first-order valence-electron chi connectivity index (χ1n) is 10.3. The first kappa shape index (κ1) is 20.2. The molecule has 0 atom stereocenters. The Kier molecular flexibility index (Phi) is 6.57. The van der Waals surface area contributed by atoms with Gasteiger partial charge in [0.25, 0.3) is 0 Å². The van der Waals surface area contributed by atoms with E-state index in [1.165, 1.54) is 0 Å². The molecular weight excluding hydrogens is 376 g/mol. The average molecular weight is 400 g/mol. The van der Waals surface area contributed by atoms with Gasteiger partial charge in [0, 0.05) is 6.07 Å².